The normalized spacial score (nSPS) is 12.7. The van der Waals surface area contributed by atoms with E-state index in [1.807, 2.05) is 72.8 Å². The molecule has 1 N–H and O–H groups in total. The van der Waals surface area contributed by atoms with Gasteiger partial charge in [0, 0.05) is 6.54 Å². The Balaban J connectivity index is 1.55. The van der Waals surface area contributed by atoms with Gasteiger partial charge in [-0.2, -0.15) is 0 Å². The molecule has 0 unspecified atom stereocenters. The van der Waals surface area contributed by atoms with Crippen LogP contribution in [0.5, 0.6) is 0 Å². The highest BCUT2D eigenvalue weighted by Gasteiger charge is 2.27. The van der Waals surface area contributed by atoms with Crippen molar-refractivity contribution in [2.75, 3.05) is 0 Å². The summed E-state index contributed by atoms with van der Waals surface area (Å²) in [7, 11) is 0. The first-order chi connectivity index (χ1) is 13.2. The molecule has 136 valence electrons. The van der Waals surface area contributed by atoms with Gasteiger partial charge in [0.1, 0.15) is 6.61 Å². The van der Waals surface area contributed by atoms with Gasteiger partial charge >= 0.3 is 6.09 Å². The van der Waals surface area contributed by atoms with E-state index in [9.17, 15) is 9.90 Å². The van der Waals surface area contributed by atoms with E-state index in [1.54, 1.807) is 4.90 Å². The van der Waals surface area contributed by atoms with E-state index in [2.05, 4.69) is 0 Å². The van der Waals surface area contributed by atoms with Crippen LogP contribution in [0.25, 0.3) is 11.1 Å². The van der Waals surface area contributed by atoms with Gasteiger partial charge < -0.3 is 9.84 Å². The molecule has 1 amide bonds. The number of carbonyl (C=O) groups is 1. The summed E-state index contributed by atoms with van der Waals surface area (Å²) in [6.45, 7) is 1.25. The van der Waals surface area contributed by atoms with E-state index in [0.717, 1.165) is 33.4 Å². The topological polar surface area (TPSA) is 49.8 Å². The van der Waals surface area contributed by atoms with Gasteiger partial charge in [-0.3, -0.25) is 4.90 Å². The van der Waals surface area contributed by atoms with Crippen molar-refractivity contribution in [1.82, 2.24) is 4.90 Å². The van der Waals surface area contributed by atoms with Gasteiger partial charge in [0.2, 0.25) is 0 Å². The zero-order chi connectivity index (χ0) is 18.6. The Labute approximate surface area is 158 Å². The Hall–Kier alpha value is -3.11. The van der Waals surface area contributed by atoms with Crippen LogP contribution in [0.15, 0.2) is 72.8 Å². The van der Waals surface area contributed by atoms with Crippen LogP contribution in [0.4, 0.5) is 4.79 Å². The van der Waals surface area contributed by atoms with Crippen LogP contribution in [0, 0.1) is 0 Å². The second kappa shape index (κ2) is 7.64. The molecule has 1 aliphatic rings. The summed E-state index contributed by atoms with van der Waals surface area (Å²) in [5, 5.41) is 9.62. The summed E-state index contributed by atoms with van der Waals surface area (Å²) >= 11 is 0. The third-order valence-corrected chi connectivity index (χ3v) is 4.84. The minimum atomic E-state index is -0.320. The maximum absolute atomic E-state index is 12.5. The molecule has 1 aliphatic heterocycles. The average Bonchev–Trinajstić information content (AvgIpc) is 3.17. The molecule has 0 aromatic heterocycles. The van der Waals surface area contributed by atoms with E-state index in [0.29, 0.717) is 13.1 Å². The van der Waals surface area contributed by atoms with Crippen molar-refractivity contribution in [1.29, 1.82) is 0 Å². The fourth-order valence-electron chi connectivity index (χ4n) is 3.48. The molecule has 0 spiro atoms. The molecule has 0 atom stereocenters. The quantitative estimate of drug-likeness (QED) is 0.746. The standard InChI is InChI=1S/C23H21NO3/c25-15-18-11-20-13-24(23(26)27-16-17-7-3-1-4-8-17)14-22(20)21(12-18)19-9-5-2-6-10-19/h1-12,25H,13-16H2. The predicted octanol–water partition coefficient (Wildman–Crippen LogP) is 4.50. The van der Waals surface area contributed by atoms with Crippen LogP contribution in [0.3, 0.4) is 0 Å². The minimum Gasteiger partial charge on any atom is -0.445 e. The molecule has 0 saturated heterocycles. The summed E-state index contributed by atoms with van der Waals surface area (Å²) in [5.41, 5.74) is 6.16. The van der Waals surface area contributed by atoms with Crippen LogP contribution < -0.4 is 0 Å². The highest BCUT2D eigenvalue weighted by atomic mass is 16.6. The molecule has 0 bridgehead atoms. The van der Waals surface area contributed by atoms with Gasteiger partial charge in [0.15, 0.2) is 0 Å². The number of hydrogen-bond donors (Lipinski definition) is 1. The lowest BCUT2D eigenvalue weighted by Crippen LogP contribution is -2.26. The second-order valence-electron chi connectivity index (χ2n) is 6.70. The Morgan fingerprint density at radius 2 is 1.63 bits per heavy atom. The maximum Gasteiger partial charge on any atom is 0.410 e. The molecular formula is C23H21NO3. The minimum absolute atomic E-state index is 0.0223. The zero-order valence-corrected chi connectivity index (χ0v) is 15.0. The molecule has 0 radical (unpaired) electrons. The third kappa shape index (κ3) is 3.71. The summed E-state index contributed by atoms with van der Waals surface area (Å²) < 4.78 is 5.48. The van der Waals surface area contributed by atoms with Crippen molar-refractivity contribution >= 4 is 6.09 Å². The third-order valence-electron chi connectivity index (χ3n) is 4.84. The van der Waals surface area contributed by atoms with Crippen molar-refractivity contribution in [3.63, 3.8) is 0 Å². The molecule has 4 rings (SSSR count). The molecule has 0 aliphatic carbocycles. The van der Waals surface area contributed by atoms with Crippen molar-refractivity contribution < 1.29 is 14.6 Å². The number of ether oxygens (including phenoxy) is 1. The molecule has 3 aromatic carbocycles. The number of carbonyl (C=O) groups excluding carboxylic acids is 1. The molecule has 27 heavy (non-hydrogen) atoms. The van der Waals surface area contributed by atoms with Crippen LogP contribution in [-0.4, -0.2) is 16.1 Å². The second-order valence-corrected chi connectivity index (χ2v) is 6.70. The lowest BCUT2D eigenvalue weighted by Gasteiger charge is -2.15. The largest absolute Gasteiger partial charge is 0.445 e. The summed E-state index contributed by atoms with van der Waals surface area (Å²) in [5.74, 6) is 0. The van der Waals surface area contributed by atoms with Gasteiger partial charge in [0.25, 0.3) is 0 Å². The van der Waals surface area contributed by atoms with Crippen molar-refractivity contribution in [3.8, 4) is 11.1 Å². The van der Waals surface area contributed by atoms with E-state index in [1.165, 1.54) is 0 Å². The van der Waals surface area contributed by atoms with Crippen molar-refractivity contribution in [2.45, 2.75) is 26.3 Å². The zero-order valence-electron chi connectivity index (χ0n) is 15.0. The number of aliphatic hydroxyl groups excluding tert-OH is 1. The predicted molar refractivity (Wildman–Crippen MR) is 104 cm³/mol. The number of rotatable bonds is 4. The smallest absolute Gasteiger partial charge is 0.410 e. The van der Waals surface area contributed by atoms with Crippen LogP contribution in [-0.2, 0) is 31.0 Å². The lowest BCUT2D eigenvalue weighted by atomic mass is 9.94. The van der Waals surface area contributed by atoms with Crippen LogP contribution in [0.1, 0.15) is 22.3 Å². The molecule has 4 nitrogen and oxygen atoms in total. The van der Waals surface area contributed by atoms with Gasteiger partial charge in [-0.1, -0.05) is 66.7 Å². The van der Waals surface area contributed by atoms with Crippen molar-refractivity contribution in [3.05, 3.63) is 95.1 Å². The fraction of sp³-hybridized carbons (Fsp3) is 0.174. The van der Waals surface area contributed by atoms with Gasteiger partial charge in [-0.15, -0.1) is 0 Å². The lowest BCUT2D eigenvalue weighted by molar-refractivity contribution is 0.0955. The van der Waals surface area contributed by atoms with E-state index < -0.39 is 0 Å². The van der Waals surface area contributed by atoms with E-state index in [4.69, 9.17) is 4.74 Å². The average molecular weight is 359 g/mol. The Morgan fingerprint density at radius 3 is 2.33 bits per heavy atom. The first kappa shape index (κ1) is 17.3. The SMILES string of the molecule is O=C(OCc1ccccc1)N1Cc2cc(CO)cc(-c3ccccc3)c2C1. The number of benzene rings is 3. The number of amides is 1. The summed E-state index contributed by atoms with van der Waals surface area (Å²) in [6, 6.07) is 23.7. The molecule has 0 saturated carbocycles. The van der Waals surface area contributed by atoms with Crippen molar-refractivity contribution in [2.24, 2.45) is 0 Å². The molecule has 3 aromatic rings. The maximum atomic E-state index is 12.5. The Kier molecular flexibility index (Phi) is 4.90. The Bertz CT molecular complexity index is 939. The molecule has 1 heterocycles. The van der Waals surface area contributed by atoms with Crippen LogP contribution >= 0.6 is 0 Å². The van der Waals surface area contributed by atoms with E-state index >= 15 is 0 Å². The van der Waals surface area contributed by atoms with Gasteiger partial charge in [0.05, 0.1) is 13.2 Å². The number of aliphatic hydroxyl groups is 1. The number of nitrogens with zero attached hydrogens (tertiary/aromatic N) is 1. The van der Waals surface area contributed by atoms with Crippen LogP contribution in [0.2, 0.25) is 0 Å². The number of fused-ring (bicyclic) bond motifs is 1. The van der Waals surface area contributed by atoms with Gasteiger partial charge in [-0.25, -0.2) is 4.79 Å². The highest BCUT2D eigenvalue weighted by molar-refractivity contribution is 5.74. The number of hydrogen-bond acceptors (Lipinski definition) is 3. The molecular weight excluding hydrogens is 338 g/mol. The first-order valence-electron chi connectivity index (χ1n) is 9.01. The first-order valence-corrected chi connectivity index (χ1v) is 9.01. The van der Waals surface area contributed by atoms with Gasteiger partial charge in [-0.05, 0) is 39.4 Å². The highest BCUT2D eigenvalue weighted by Crippen LogP contribution is 2.34. The monoisotopic (exact) mass is 359 g/mol. The summed E-state index contributed by atoms with van der Waals surface area (Å²) in [4.78, 5) is 14.3. The summed E-state index contributed by atoms with van der Waals surface area (Å²) in [6.07, 6.45) is -0.320. The molecule has 0 fully saturated rings. The fourth-order valence-corrected chi connectivity index (χ4v) is 3.48. The Morgan fingerprint density at radius 1 is 0.926 bits per heavy atom. The molecule has 4 heteroatoms. The van der Waals surface area contributed by atoms with E-state index in [-0.39, 0.29) is 19.3 Å².